The molecule has 0 saturated carbocycles. The number of aliphatic hydroxyl groups excluding tert-OH is 1. The largest absolute Gasteiger partial charge is 0.497 e. The van der Waals surface area contributed by atoms with Crippen LogP contribution in [0, 0.1) is 0 Å². The molecule has 0 amide bonds. The summed E-state index contributed by atoms with van der Waals surface area (Å²) in [6, 6.07) is 15.6. The molecule has 2 aromatic carbocycles. The molecule has 0 aliphatic rings. The van der Waals surface area contributed by atoms with Gasteiger partial charge in [-0.3, -0.25) is 0 Å². The number of rotatable bonds is 7. The molecule has 4 heteroatoms. The standard InChI is InChI=1S/C18H23NO3/c1-19(14-7-5-4-6-8-14)12-11-17(20)16-10-9-15(21-2)13-18(16)22-3/h4-10,13,17,20H,11-12H2,1-3H3. The Labute approximate surface area is 131 Å². The normalized spacial score (nSPS) is 11.8. The zero-order chi connectivity index (χ0) is 15.9. The maximum absolute atomic E-state index is 10.4. The van der Waals surface area contributed by atoms with E-state index in [1.165, 1.54) is 0 Å². The molecule has 2 rings (SSSR count). The fourth-order valence-electron chi connectivity index (χ4n) is 2.38. The summed E-state index contributed by atoms with van der Waals surface area (Å²) in [4.78, 5) is 2.12. The Morgan fingerprint density at radius 2 is 1.77 bits per heavy atom. The minimum absolute atomic E-state index is 0.577. The lowest BCUT2D eigenvalue weighted by Crippen LogP contribution is -2.20. The van der Waals surface area contributed by atoms with Gasteiger partial charge >= 0.3 is 0 Å². The second-order valence-electron chi connectivity index (χ2n) is 5.17. The summed E-state index contributed by atoms with van der Waals surface area (Å²) in [5.74, 6) is 1.36. The van der Waals surface area contributed by atoms with Crippen molar-refractivity contribution in [2.24, 2.45) is 0 Å². The van der Waals surface area contributed by atoms with Gasteiger partial charge in [0, 0.05) is 30.9 Å². The summed E-state index contributed by atoms with van der Waals surface area (Å²) in [5.41, 5.74) is 1.92. The van der Waals surface area contributed by atoms with E-state index in [1.807, 2.05) is 37.4 Å². The third-order valence-electron chi connectivity index (χ3n) is 3.73. The van der Waals surface area contributed by atoms with Crippen LogP contribution in [0.25, 0.3) is 0 Å². The van der Waals surface area contributed by atoms with Gasteiger partial charge in [-0.1, -0.05) is 18.2 Å². The number of anilines is 1. The van der Waals surface area contributed by atoms with Crippen LogP contribution in [0.4, 0.5) is 5.69 Å². The van der Waals surface area contributed by atoms with E-state index in [4.69, 9.17) is 9.47 Å². The molecule has 0 saturated heterocycles. The van der Waals surface area contributed by atoms with E-state index >= 15 is 0 Å². The van der Waals surface area contributed by atoms with E-state index in [2.05, 4.69) is 17.0 Å². The number of ether oxygens (including phenoxy) is 2. The Bertz CT molecular complexity index is 586. The van der Waals surface area contributed by atoms with Crippen LogP contribution in [0.3, 0.4) is 0 Å². The molecule has 22 heavy (non-hydrogen) atoms. The molecule has 0 aromatic heterocycles. The van der Waals surface area contributed by atoms with Crippen LogP contribution in [0.5, 0.6) is 11.5 Å². The molecule has 0 spiro atoms. The topological polar surface area (TPSA) is 41.9 Å². The summed E-state index contributed by atoms with van der Waals surface area (Å²) in [5, 5.41) is 10.4. The van der Waals surface area contributed by atoms with Crippen LogP contribution in [-0.4, -0.2) is 32.9 Å². The lowest BCUT2D eigenvalue weighted by Gasteiger charge is -2.22. The molecule has 1 unspecified atom stereocenters. The summed E-state index contributed by atoms with van der Waals surface area (Å²) in [7, 11) is 5.23. The number of nitrogens with zero attached hydrogens (tertiary/aromatic N) is 1. The summed E-state index contributed by atoms with van der Waals surface area (Å²) < 4.78 is 10.5. The molecule has 0 radical (unpaired) electrons. The number of para-hydroxylation sites is 1. The van der Waals surface area contributed by atoms with Crippen molar-refractivity contribution in [1.29, 1.82) is 0 Å². The Kier molecular flexibility index (Phi) is 5.67. The molecule has 0 aliphatic carbocycles. The monoisotopic (exact) mass is 301 g/mol. The third-order valence-corrected chi connectivity index (χ3v) is 3.73. The van der Waals surface area contributed by atoms with E-state index in [0.717, 1.165) is 17.8 Å². The van der Waals surface area contributed by atoms with E-state index in [-0.39, 0.29) is 0 Å². The molecule has 118 valence electrons. The van der Waals surface area contributed by atoms with Gasteiger partial charge in [-0.25, -0.2) is 0 Å². The van der Waals surface area contributed by atoms with E-state index in [9.17, 15) is 5.11 Å². The van der Waals surface area contributed by atoms with Crippen molar-refractivity contribution in [1.82, 2.24) is 0 Å². The van der Waals surface area contributed by atoms with Crippen molar-refractivity contribution in [2.45, 2.75) is 12.5 Å². The van der Waals surface area contributed by atoms with Crippen molar-refractivity contribution in [3.05, 3.63) is 54.1 Å². The Morgan fingerprint density at radius 3 is 2.41 bits per heavy atom. The van der Waals surface area contributed by atoms with Gasteiger partial charge in [-0.05, 0) is 30.7 Å². The van der Waals surface area contributed by atoms with Crippen molar-refractivity contribution < 1.29 is 14.6 Å². The Balaban J connectivity index is 2.01. The van der Waals surface area contributed by atoms with E-state index < -0.39 is 6.10 Å². The van der Waals surface area contributed by atoms with Crippen LogP contribution in [0.15, 0.2) is 48.5 Å². The van der Waals surface area contributed by atoms with Crippen molar-refractivity contribution in [3.8, 4) is 11.5 Å². The van der Waals surface area contributed by atoms with Gasteiger partial charge in [0.15, 0.2) is 0 Å². The number of aliphatic hydroxyl groups is 1. The first-order chi connectivity index (χ1) is 10.7. The lowest BCUT2D eigenvalue weighted by atomic mass is 10.0. The quantitative estimate of drug-likeness (QED) is 0.852. The van der Waals surface area contributed by atoms with Crippen LogP contribution in [0.2, 0.25) is 0 Å². The Morgan fingerprint density at radius 1 is 1.05 bits per heavy atom. The van der Waals surface area contributed by atoms with Gasteiger partial charge < -0.3 is 19.5 Å². The maximum atomic E-state index is 10.4. The van der Waals surface area contributed by atoms with Gasteiger partial charge in [-0.15, -0.1) is 0 Å². The minimum Gasteiger partial charge on any atom is -0.497 e. The predicted molar refractivity (Wildman–Crippen MR) is 88.8 cm³/mol. The number of benzene rings is 2. The number of hydrogen-bond donors (Lipinski definition) is 1. The fraction of sp³-hybridized carbons (Fsp3) is 0.333. The van der Waals surface area contributed by atoms with Crippen LogP contribution >= 0.6 is 0 Å². The smallest absolute Gasteiger partial charge is 0.128 e. The van der Waals surface area contributed by atoms with Crippen LogP contribution in [0.1, 0.15) is 18.1 Å². The van der Waals surface area contributed by atoms with E-state index in [0.29, 0.717) is 17.9 Å². The highest BCUT2D eigenvalue weighted by atomic mass is 16.5. The number of methoxy groups -OCH3 is 2. The highest BCUT2D eigenvalue weighted by molar-refractivity contribution is 5.45. The van der Waals surface area contributed by atoms with E-state index in [1.54, 1.807) is 20.3 Å². The highest BCUT2D eigenvalue weighted by Crippen LogP contribution is 2.31. The zero-order valence-corrected chi connectivity index (χ0v) is 13.3. The van der Waals surface area contributed by atoms with Gasteiger partial charge in [0.05, 0.1) is 20.3 Å². The number of hydrogen-bond acceptors (Lipinski definition) is 4. The maximum Gasteiger partial charge on any atom is 0.128 e. The van der Waals surface area contributed by atoms with Crippen molar-refractivity contribution in [2.75, 3.05) is 32.7 Å². The van der Waals surface area contributed by atoms with Crippen molar-refractivity contribution >= 4 is 5.69 Å². The molecular weight excluding hydrogens is 278 g/mol. The zero-order valence-electron chi connectivity index (χ0n) is 13.3. The first-order valence-electron chi connectivity index (χ1n) is 7.32. The third kappa shape index (κ3) is 3.92. The lowest BCUT2D eigenvalue weighted by molar-refractivity contribution is 0.165. The van der Waals surface area contributed by atoms with Crippen LogP contribution in [-0.2, 0) is 0 Å². The molecule has 0 bridgehead atoms. The minimum atomic E-state index is -0.577. The average molecular weight is 301 g/mol. The highest BCUT2D eigenvalue weighted by Gasteiger charge is 2.15. The van der Waals surface area contributed by atoms with Gasteiger partial charge in [0.1, 0.15) is 11.5 Å². The molecule has 4 nitrogen and oxygen atoms in total. The molecule has 0 heterocycles. The molecule has 2 aromatic rings. The van der Waals surface area contributed by atoms with Gasteiger partial charge in [0.25, 0.3) is 0 Å². The van der Waals surface area contributed by atoms with Gasteiger partial charge in [-0.2, -0.15) is 0 Å². The summed E-state index contributed by atoms with van der Waals surface area (Å²) in [6.45, 7) is 0.750. The average Bonchev–Trinajstić information content (AvgIpc) is 2.59. The summed E-state index contributed by atoms with van der Waals surface area (Å²) in [6.07, 6.45) is 0.0423. The molecule has 1 atom stereocenters. The van der Waals surface area contributed by atoms with Crippen molar-refractivity contribution in [3.63, 3.8) is 0 Å². The second kappa shape index (κ2) is 7.71. The molecule has 1 N–H and O–H groups in total. The first-order valence-corrected chi connectivity index (χ1v) is 7.32. The van der Waals surface area contributed by atoms with Gasteiger partial charge in [0.2, 0.25) is 0 Å². The van der Waals surface area contributed by atoms with Crippen LogP contribution < -0.4 is 14.4 Å². The SMILES string of the molecule is COc1ccc(C(O)CCN(C)c2ccccc2)c(OC)c1. The predicted octanol–water partition coefficient (Wildman–Crippen LogP) is 3.26. The second-order valence-corrected chi connectivity index (χ2v) is 5.17. The molecule has 0 aliphatic heterocycles. The summed E-state index contributed by atoms with van der Waals surface area (Å²) >= 11 is 0. The molecule has 0 fully saturated rings. The first kappa shape index (κ1) is 16.2. The molecular formula is C18H23NO3. The fourth-order valence-corrected chi connectivity index (χ4v) is 2.38. The Hall–Kier alpha value is -2.20.